The number of carbonyl (C=O) groups excluding carboxylic acids is 2. The Morgan fingerprint density at radius 3 is 2.80 bits per heavy atom. The van der Waals surface area contributed by atoms with E-state index in [1.807, 2.05) is 6.92 Å². The highest BCUT2D eigenvalue weighted by Gasteiger charge is 2.36. The van der Waals surface area contributed by atoms with E-state index < -0.39 is 5.97 Å². The molecule has 0 unspecified atom stereocenters. The average molecular weight is 275 g/mol. The van der Waals surface area contributed by atoms with Crippen LogP contribution in [0.4, 0.5) is 0 Å². The molecule has 0 aliphatic carbocycles. The zero-order valence-corrected chi connectivity index (χ0v) is 11.8. The van der Waals surface area contributed by atoms with Gasteiger partial charge >= 0.3 is 5.97 Å². The van der Waals surface area contributed by atoms with Gasteiger partial charge in [-0.15, -0.1) is 0 Å². The molecule has 106 valence electrons. The number of methoxy groups -OCH3 is 1. The van der Waals surface area contributed by atoms with E-state index in [1.54, 1.807) is 30.0 Å². The van der Waals surface area contributed by atoms with E-state index in [0.717, 1.165) is 6.42 Å². The molecule has 0 spiro atoms. The molecule has 0 atom stereocenters. The summed E-state index contributed by atoms with van der Waals surface area (Å²) in [7, 11) is 1.31. The molecule has 0 N–H and O–H groups in total. The summed E-state index contributed by atoms with van der Waals surface area (Å²) in [4.78, 5) is 26.0. The first-order chi connectivity index (χ1) is 9.60. The van der Waals surface area contributed by atoms with E-state index in [1.165, 1.54) is 13.4 Å². The monoisotopic (exact) mass is 275 g/mol. The van der Waals surface area contributed by atoms with Gasteiger partial charge in [0.25, 0.3) is 5.91 Å². The van der Waals surface area contributed by atoms with Gasteiger partial charge in [-0.1, -0.05) is 6.92 Å². The second kappa shape index (κ2) is 5.77. The van der Waals surface area contributed by atoms with Crippen molar-refractivity contribution in [1.82, 2.24) is 4.90 Å². The Bertz CT molecular complexity index is 581. The standard InChI is InChI=1S/C15H17NO4/c1-4-7-16-10(2)13(15(18)19-3)12(14(16)17)9-11-6-5-8-20-11/h5-6,8-9H,4,7H2,1-3H3. The number of allylic oxidation sites excluding steroid dienone is 1. The van der Waals surface area contributed by atoms with Crippen LogP contribution in [0.5, 0.6) is 0 Å². The molecule has 1 aliphatic heterocycles. The minimum atomic E-state index is -0.507. The first kappa shape index (κ1) is 14.1. The van der Waals surface area contributed by atoms with Crippen molar-refractivity contribution in [2.24, 2.45) is 0 Å². The van der Waals surface area contributed by atoms with Crippen LogP contribution < -0.4 is 0 Å². The van der Waals surface area contributed by atoms with Gasteiger partial charge < -0.3 is 14.1 Å². The lowest BCUT2D eigenvalue weighted by Crippen LogP contribution is -2.25. The Morgan fingerprint density at radius 1 is 1.50 bits per heavy atom. The molecule has 0 aromatic carbocycles. The molecule has 0 fully saturated rings. The molecule has 5 heteroatoms. The molecule has 0 radical (unpaired) electrons. The predicted octanol–water partition coefficient (Wildman–Crippen LogP) is 2.36. The highest BCUT2D eigenvalue weighted by molar-refractivity contribution is 6.16. The van der Waals surface area contributed by atoms with Crippen molar-refractivity contribution >= 4 is 18.0 Å². The van der Waals surface area contributed by atoms with Crippen molar-refractivity contribution in [3.8, 4) is 0 Å². The molecular weight excluding hydrogens is 258 g/mol. The number of hydrogen-bond acceptors (Lipinski definition) is 4. The quantitative estimate of drug-likeness (QED) is 0.625. The van der Waals surface area contributed by atoms with Gasteiger partial charge in [0, 0.05) is 12.2 Å². The SMILES string of the molecule is CCCN1C(=O)C(=Cc2ccco2)C(C(=O)OC)=C1C. The second-order valence-electron chi connectivity index (χ2n) is 4.48. The normalized spacial score (nSPS) is 17.2. The van der Waals surface area contributed by atoms with Crippen LogP contribution in [-0.4, -0.2) is 30.4 Å². The maximum atomic E-state index is 12.4. The Labute approximate surface area is 117 Å². The van der Waals surface area contributed by atoms with Gasteiger partial charge in [0.1, 0.15) is 5.76 Å². The van der Waals surface area contributed by atoms with E-state index in [2.05, 4.69) is 0 Å². The summed E-state index contributed by atoms with van der Waals surface area (Å²) in [5.41, 5.74) is 1.25. The third kappa shape index (κ3) is 2.39. The lowest BCUT2D eigenvalue weighted by atomic mass is 10.1. The van der Waals surface area contributed by atoms with Gasteiger partial charge in [-0.2, -0.15) is 0 Å². The summed E-state index contributed by atoms with van der Waals surface area (Å²) >= 11 is 0. The summed E-state index contributed by atoms with van der Waals surface area (Å²) in [6.07, 6.45) is 3.91. The molecule has 5 nitrogen and oxygen atoms in total. The zero-order chi connectivity index (χ0) is 14.7. The fraction of sp³-hybridized carbons (Fsp3) is 0.333. The van der Waals surface area contributed by atoms with Crippen molar-refractivity contribution in [2.45, 2.75) is 20.3 Å². The first-order valence-electron chi connectivity index (χ1n) is 6.46. The van der Waals surface area contributed by atoms with E-state index in [-0.39, 0.29) is 5.91 Å². The summed E-state index contributed by atoms with van der Waals surface area (Å²) in [6.45, 7) is 4.30. The van der Waals surface area contributed by atoms with Crippen LogP contribution in [0, 0.1) is 0 Å². The van der Waals surface area contributed by atoms with Crippen LogP contribution in [0.15, 0.2) is 39.7 Å². The van der Waals surface area contributed by atoms with Crippen molar-refractivity contribution in [2.75, 3.05) is 13.7 Å². The lowest BCUT2D eigenvalue weighted by Gasteiger charge is -2.16. The Hall–Kier alpha value is -2.30. The van der Waals surface area contributed by atoms with E-state index in [4.69, 9.17) is 9.15 Å². The number of furan rings is 1. The van der Waals surface area contributed by atoms with Gasteiger partial charge in [-0.3, -0.25) is 4.79 Å². The topological polar surface area (TPSA) is 59.8 Å². The van der Waals surface area contributed by atoms with Crippen LogP contribution >= 0.6 is 0 Å². The molecule has 1 aliphatic rings. The molecule has 1 amide bonds. The van der Waals surface area contributed by atoms with Crippen molar-refractivity contribution in [3.05, 3.63) is 41.0 Å². The third-order valence-corrected chi connectivity index (χ3v) is 3.18. The molecule has 1 aromatic rings. The van der Waals surface area contributed by atoms with E-state index in [9.17, 15) is 9.59 Å². The fourth-order valence-corrected chi connectivity index (χ4v) is 2.24. The number of ether oxygens (including phenoxy) is 1. The largest absolute Gasteiger partial charge is 0.465 e. The predicted molar refractivity (Wildman–Crippen MR) is 73.4 cm³/mol. The number of nitrogens with zero attached hydrogens (tertiary/aromatic N) is 1. The number of amides is 1. The maximum Gasteiger partial charge on any atom is 0.340 e. The zero-order valence-electron chi connectivity index (χ0n) is 11.8. The van der Waals surface area contributed by atoms with Crippen molar-refractivity contribution in [1.29, 1.82) is 0 Å². The average Bonchev–Trinajstić information content (AvgIpc) is 3.02. The molecule has 20 heavy (non-hydrogen) atoms. The number of carbonyl (C=O) groups is 2. The summed E-state index contributed by atoms with van der Waals surface area (Å²) in [5, 5.41) is 0. The smallest absolute Gasteiger partial charge is 0.340 e. The molecule has 2 heterocycles. The minimum Gasteiger partial charge on any atom is -0.465 e. The van der Waals surface area contributed by atoms with Gasteiger partial charge in [-0.25, -0.2) is 4.79 Å². The molecule has 2 rings (SSSR count). The summed E-state index contributed by atoms with van der Waals surface area (Å²) in [5.74, 6) is -0.172. The minimum absolute atomic E-state index is 0.193. The Morgan fingerprint density at radius 2 is 2.25 bits per heavy atom. The van der Waals surface area contributed by atoms with Gasteiger partial charge in [0.05, 0.1) is 24.5 Å². The molecule has 0 saturated carbocycles. The van der Waals surface area contributed by atoms with Gasteiger partial charge in [0.2, 0.25) is 0 Å². The molecule has 0 saturated heterocycles. The van der Waals surface area contributed by atoms with Crippen molar-refractivity contribution in [3.63, 3.8) is 0 Å². The number of hydrogen-bond donors (Lipinski definition) is 0. The van der Waals surface area contributed by atoms with Crippen molar-refractivity contribution < 1.29 is 18.7 Å². The van der Waals surface area contributed by atoms with Crippen LogP contribution in [0.25, 0.3) is 6.08 Å². The summed E-state index contributed by atoms with van der Waals surface area (Å²) in [6, 6.07) is 3.46. The Kier molecular flexibility index (Phi) is 4.08. The number of rotatable bonds is 4. The third-order valence-electron chi connectivity index (χ3n) is 3.18. The van der Waals surface area contributed by atoms with Crippen LogP contribution in [0.3, 0.4) is 0 Å². The van der Waals surface area contributed by atoms with Gasteiger partial charge in [0.15, 0.2) is 0 Å². The molecule has 1 aromatic heterocycles. The van der Waals surface area contributed by atoms with Crippen LogP contribution in [0.1, 0.15) is 26.0 Å². The highest BCUT2D eigenvalue weighted by atomic mass is 16.5. The first-order valence-corrected chi connectivity index (χ1v) is 6.46. The highest BCUT2D eigenvalue weighted by Crippen LogP contribution is 2.31. The van der Waals surface area contributed by atoms with E-state index in [0.29, 0.717) is 29.1 Å². The second-order valence-corrected chi connectivity index (χ2v) is 4.48. The fourth-order valence-electron chi connectivity index (χ4n) is 2.24. The number of esters is 1. The Balaban J connectivity index is 2.49. The van der Waals surface area contributed by atoms with Crippen LogP contribution in [0.2, 0.25) is 0 Å². The van der Waals surface area contributed by atoms with Gasteiger partial charge in [-0.05, 0) is 31.6 Å². The molecule has 0 bridgehead atoms. The maximum absolute atomic E-state index is 12.4. The molecular formula is C15H17NO4. The van der Waals surface area contributed by atoms with Crippen LogP contribution in [-0.2, 0) is 14.3 Å². The lowest BCUT2D eigenvalue weighted by molar-refractivity contribution is -0.136. The summed E-state index contributed by atoms with van der Waals surface area (Å²) < 4.78 is 10.00. The van der Waals surface area contributed by atoms with E-state index >= 15 is 0 Å².